The predicted molar refractivity (Wildman–Crippen MR) is 117 cm³/mol. The normalized spacial score (nSPS) is 11.9. The minimum atomic E-state index is -3.70. The van der Waals surface area contributed by atoms with Gasteiger partial charge in [0.25, 0.3) is 10.0 Å². The van der Waals surface area contributed by atoms with Gasteiger partial charge in [-0.15, -0.1) is 0 Å². The van der Waals surface area contributed by atoms with Gasteiger partial charge in [-0.2, -0.15) is 13.5 Å². The lowest BCUT2D eigenvalue weighted by molar-refractivity contribution is 0.584. The third-order valence-electron chi connectivity index (χ3n) is 4.72. The monoisotopic (exact) mass is 403 g/mol. The third kappa shape index (κ3) is 4.22. The van der Waals surface area contributed by atoms with Gasteiger partial charge in [-0.05, 0) is 30.7 Å². The van der Waals surface area contributed by atoms with Crippen molar-refractivity contribution in [1.82, 2.24) is 9.40 Å². The van der Waals surface area contributed by atoms with Crippen molar-refractivity contribution < 1.29 is 8.42 Å². The molecule has 0 aliphatic heterocycles. The van der Waals surface area contributed by atoms with Gasteiger partial charge in [0.2, 0.25) is 0 Å². The largest absolute Gasteiger partial charge is 0.342 e. The van der Waals surface area contributed by atoms with Crippen LogP contribution in [0.25, 0.3) is 10.9 Å². The van der Waals surface area contributed by atoms with Crippen molar-refractivity contribution in [2.24, 2.45) is 5.10 Å². The standard InChI is InChI=1S/C23H21N3O2S/c1-18-11-13-21(14-12-18)29(27,28)25-24-15-20-17-26(16-19-7-3-2-4-8-19)23-10-6-5-9-22(20)23/h2-15,17,25H,16H2,1H3. The van der Waals surface area contributed by atoms with Crippen LogP contribution in [0.5, 0.6) is 0 Å². The molecule has 4 rings (SSSR count). The quantitative estimate of drug-likeness (QED) is 0.385. The SMILES string of the molecule is Cc1ccc(S(=O)(=O)NN=Cc2cn(Cc3ccccc3)c3ccccc23)cc1. The van der Waals surface area contributed by atoms with Gasteiger partial charge in [0.05, 0.1) is 11.1 Å². The number of hydrogen-bond acceptors (Lipinski definition) is 3. The number of sulfonamides is 1. The smallest absolute Gasteiger partial charge is 0.276 e. The van der Waals surface area contributed by atoms with Crippen molar-refractivity contribution >= 4 is 27.1 Å². The molecule has 146 valence electrons. The van der Waals surface area contributed by atoms with Crippen molar-refractivity contribution in [3.8, 4) is 0 Å². The van der Waals surface area contributed by atoms with Crippen LogP contribution in [0.1, 0.15) is 16.7 Å². The van der Waals surface area contributed by atoms with Crippen LogP contribution in [0.2, 0.25) is 0 Å². The maximum absolute atomic E-state index is 12.4. The molecule has 6 heteroatoms. The molecule has 0 fully saturated rings. The molecular weight excluding hydrogens is 382 g/mol. The summed E-state index contributed by atoms with van der Waals surface area (Å²) in [5.41, 5.74) is 4.11. The Hall–Kier alpha value is -3.38. The first-order chi connectivity index (χ1) is 14.0. The van der Waals surface area contributed by atoms with Crippen LogP contribution >= 0.6 is 0 Å². The Morgan fingerprint density at radius 3 is 2.38 bits per heavy atom. The third-order valence-corrected chi connectivity index (χ3v) is 5.96. The summed E-state index contributed by atoms with van der Waals surface area (Å²) in [6, 6.07) is 24.9. The minimum absolute atomic E-state index is 0.187. The van der Waals surface area contributed by atoms with Crippen LogP contribution < -0.4 is 4.83 Å². The summed E-state index contributed by atoms with van der Waals surface area (Å²) in [5.74, 6) is 0. The van der Waals surface area contributed by atoms with Crippen LogP contribution in [0.3, 0.4) is 0 Å². The number of hydrazone groups is 1. The van der Waals surface area contributed by atoms with Crippen molar-refractivity contribution in [2.45, 2.75) is 18.4 Å². The summed E-state index contributed by atoms with van der Waals surface area (Å²) in [6.45, 7) is 2.64. The molecule has 29 heavy (non-hydrogen) atoms. The number of nitrogens with zero attached hydrogens (tertiary/aromatic N) is 2. The Bertz CT molecular complexity index is 1260. The zero-order valence-corrected chi connectivity index (χ0v) is 16.8. The fourth-order valence-electron chi connectivity index (χ4n) is 3.22. The van der Waals surface area contributed by atoms with E-state index < -0.39 is 10.0 Å². The van der Waals surface area contributed by atoms with Crippen LogP contribution in [-0.2, 0) is 16.6 Å². The Kier molecular flexibility index (Phi) is 5.18. The van der Waals surface area contributed by atoms with E-state index in [4.69, 9.17) is 0 Å². The molecule has 3 aromatic carbocycles. The van der Waals surface area contributed by atoms with E-state index in [1.54, 1.807) is 30.5 Å². The summed E-state index contributed by atoms with van der Waals surface area (Å²) in [4.78, 5) is 2.49. The second kappa shape index (κ2) is 7.93. The van der Waals surface area contributed by atoms with Gasteiger partial charge >= 0.3 is 0 Å². The van der Waals surface area contributed by atoms with Crippen LogP contribution in [0.4, 0.5) is 0 Å². The summed E-state index contributed by atoms with van der Waals surface area (Å²) in [7, 11) is -3.70. The number of rotatable bonds is 6. The van der Waals surface area contributed by atoms with E-state index >= 15 is 0 Å². The van der Waals surface area contributed by atoms with Gasteiger partial charge in [0.15, 0.2) is 0 Å². The number of para-hydroxylation sites is 1. The van der Waals surface area contributed by atoms with E-state index in [0.29, 0.717) is 0 Å². The molecule has 0 bridgehead atoms. The molecular formula is C23H21N3O2S. The lowest BCUT2D eigenvalue weighted by Crippen LogP contribution is -2.18. The van der Waals surface area contributed by atoms with Gasteiger partial charge in [-0.25, -0.2) is 4.83 Å². The maximum atomic E-state index is 12.4. The molecule has 5 nitrogen and oxygen atoms in total. The molecule has 0 saturated heterocycles. The molecule has 4 aromatic rings. The molecule has 0 aliphatic carbocycles. The highest BCUT2D eigenvalue weighted by molar-refractivity contribution is 7.89. The van der Waals surface area contributed by atoms with Crippen LogP contribution in [-0.4, -0.2) is 19.2 Å². The average Bonchev–Trinajstić information content (AvgIpc) is 3.07. The van der Waals surface area contributed by atoms with E-state index in [0.717, 1.165) is 28.6 Å². The second-order valence-electron chi connectivity index (χ2n) is 6.88. The highest BCUT2D eigenvalue weighted by Crippen LogP contribution is 2.21. The second-order valence-corrected chi connectivity index (χ2v) is 8.54. The van der Waals surface area contributed by atoms with Crippen molar-refractivity contribution in [3.63, 3.8) is 0 Å². The Morgan fingerprint density at radius 2 is 1.62 bits per heavy atom. The molecule has 0 amide bonds. The predicted octanol–water partition coefficient (Wildman–Crippen LogP) is 4.31. The highest BCUT2D eigenvalue weighted by Gasteiger charge is 2.12. The van der Waals surface area contributed by atoms with Crippen molar-refractivity contribution in [1.29, 1.82) is 0 Å². The highest BCUT2D eigenvalue weighted by atomic mass is 32.2. The minimum Gasteiger partial charge on any atom is -0.342 e. The Balaban J connectivity index is 1.60. The van der Waals surface area contributed by atoms with Gasteiger partial charge in [-0.3, -0.25) is 0 Å². The molecule has 0 spiro atoms. The number of fused-ring (bicyclic) bond motifs is 1. The molecule has 0 saturated carbocycles. The first kappa shape index (κ1) is 19.0. The zero-order valence-electron chi connectivity index (χ0n) is 16.0. The van der Waals surface area contributed by atoms with Crippen LogP contribution in [0.15, 0.2) is 95.1 Å². The van der Waals surface area contributed by atoms with Gasteiger partial charge in [0.1, 0.15) is 0 Å². The lowest BCUT2D eigenvalue weighted by Gasteiger charge is -2.05. The molecule has 0 atom stereocenters. The number of aromatic nitrogens is 1. The Morgan fingerprint density at radius 1 is 0.931 bits per heavy atom. The zero-order chi connectivity index (χ0) is 20.3. The van der Waals surface area contributed by atoms with Crippen molar-refractivity contribution in [3.05, 3.63) is 102 Å². The summed E-state index contributed by atoms with van der Waals surface area (Å²) in [6.07, 6.45) is 3.54. The number of benzene rings is 3. The summed E-state index contributed by atoms with van der Waals surface area (Å²) < 4.78 is 27.0. The Labute approximate surface area is 170 Å². The topological polar surface area (TPSA) is 63.5 Å². The molecule has 1 N–H and O–H groups in total. The number of nitrogens with one attached hydrogen (secondary N) is 1. The van der Waals surface area contributed by atoms with E-state index in [9.17, 15) is 8.42 Å². The summed E-state index contributed by atoms with van der Waals surface area (Å²) in [5, 5.41) is 5.02. The molecule has 1 aromatic heterocycles. The lowest BCUT2D eigenvalue weighted by atomic mass is 10.2. The van der Waals surface area contributed by atoms with Gasteiger partial charge < -0.3 is 4.57 Å². The molecule has 0 unspecified atom stereocenters. The van der Waals surface area contributed by atoms with E-state index in [2.05, 4.69) is 26.6 Å². The molecule has 1 heterocycles. The summed E-state index contributed by atoms with van der Waals surface area (Å²) >= 11 is 0. The first-order valence-corrected chi connectivity index (χ1v) is 10.7. The van der Waals surface area contributed by atoms with Crippen LogP contribution in [0, 0.1) is 6.92 Å². The van der Waals surface area contributed by atoms with E-state index in [1.165, 1.54) is 5.56 Å². The van der Waals surface area contributed by atoms with Gasteiger partial charge in [-0.1, -0.05) is 66.2 Å². The van der Waals surface area contributed by atoms with E-state index in [-0.39, 0.29) is 4.90 Å². The van der Waals surface area contributed by atoms with Gasteiger partial charge in [0, 0.05) is 29.2 Å². The molecule has 0 radical (unpaired) electrons. The average molecular weight is 404 g/mol. The maximum Gasteiger partial charge on any atom is 0.276 e. The fraction of sp³-hybridized carbons (Fsp3) is 0.0870. The number of aryl methyl sites for hydroxylation is 1. The first-order valence-electron chi connectivity index (χ1n) is 9.26. The molecule has 0 aliphatic rings. The number of hydrogen-bond donors (Lipinski definition) is 1. The van der Waals surface area contributed by atoms with Crippen molar-refractivity contribution in [2.75, 3.05) is 0 Å². The fourth-order valence-corrected chi connectivity index (χ4v) is 4.02. The van der Waals surface area contributed by atoms with E-state index in [1.807, 2.05) is 55.6 Å².